The Labute approximate surface area is 97.0 Å². The Morgan fingerprint density at radius 1 is 1.38 bits per heavy atom. The topological polar surface area (TPSA) is 47.3 Å². The van der Waals surface area contributed by atoms with Crippen LogP contribution in [0.5, 0.6) is 0 Å². The summed E-state index contributed by atoms with van der Waals surface area (Å²) in [4.78, 5) is 0. The molecule has 1 fully saturated rings. The number of hydrogen-bond donors (Lipinski definition) is 2. The van der Waals surface area contributed by atoms with Crippen LogP contribution in [0.2, 0.25) is 0 Å². The molecule has 0 bridgehead atoms. The molecule has 3 N–H and O–H groups in total. The van der Waals surface area contributed by atoms with Crippen LogP contribution in [0.3, 0.4) is 0 Å². The molecule has 16 heavy (non-hydrogen) atoms. The SMILES string of the molecule is COCCc1ccccc1NC1CC(N)C1. The Bertz CT molecular complexity index is 334. The summed E-state index contributed by atoms with van der Waals surface area (Å²) in [6.45, 7) is 0.767. The van der Waals surface area contributed by atoms with Gasteiger partial charge in [-0.1, -0.05) is 18.2 Å². The highest BCUT2D eigenvalue weighted by Crippen LogP contribution is 2.24. The van der Waals surface area contributed by atoms with Crippen LogP contribution in [0.25, 0.3) is 0 Å². The van der Waals surface area contributed by atoms with E-state index in [9.17, 15) is 0 Å². The molecular formula is C13H20N2O. The summed E-state index contributed by atoms with van der Waals surface area (Å²) in [5, 5.41) is 3.55. The second kappa shape index (κ2) is 5.32. The van der Waals surface area contributed by atoms with Gasteiger partial charge in [-0.15, -0.1) is 0 Å². The lowest BCUT2D eigenvalue weighted by Crippen LogP contribution is -2.44. The number of ether oxygens (including phenoxy) is 1. The molecule has 0 aromatic heterocycles. The Morgan fingerprint density at radius 3 is 2.81 bits per heavy atom. The Morgan fingerprint density at radius 2 is 2.12 bits per heavy atom. The number of anilines is 1. The van der Waals surface area contributed by atoms with Crippen molar-refractivity contribution in [1.82, 2.24) is 0 Å². The van der Waals surface area contributed by atoms with Gasteiger partial charge < -0.3 is 15.8 Å². The third kappa shape index (κ3) is 2.74. The van der Waals surface area contributed by atoms with Crippen molar-refractivity contribution in [3.63, 3.8) is 0 Å². The largest absolute Gasteiger partial charge is 0.384 e. The van der Waals surface area contributed by atoms with E-state index in [0.29, 0.717) is 12.1 Å². The quantitative estimate of drug-likeness (QED) is 0.795. The van der Waals surface area contributed by atoms with Crippen LogP contribution in [0.1, 0.15) is 18.4 Å². The van der Waals surface area contributed by atoms with Gasteiger partial charge >= 0.3 is 0 Å². The number of rotatable bonds is 5. The van der Waals surface area contributed by atoms with Gasteiger partial charge in [0.25, 0.3) is 0 Å². The van der Waals surface area contributed by atoms with Crippen LogP contribution in [-0.4, -0.2) is 25.8 Å². The van der Waals surface area contributed by atoms with E-state index in [0.717, 1.165) is 25.9 Å². The zero-order chi connectivity index (χ0) is 11.4. The van der Waals surface area contributed by atoms with Crippen molar-refractivity contribution in [2.24, 2.45) is 5.73 Å². The van der Waals surface area contributed by atoms with E-state index in [-0.39, 0.29) is 0 Å². The molecule has 1 saturated carbocycles. The van der Waals surface area contributed by atoms with Crippen LogP contribution >= 0.6 is 0 Å². The highest BCUT2D eigenvalue weighted by molar-refractivity contribution is 5.52. The minimum absolute atomic E-state index is 0.392. The van der Waals surface area contributed by atoms with E-state index < -0.39 is 0 Å². The van der Waals surface area contributed by atoms with Crippen molar-refractivity contribution < 1.29 is 4.74 Å². The third-order valence-electron chi connectivity index (χ3n) is 3.13. The maximum absolute atomic E-state index is 5.78. The maximum Gasteiger partial charge on any atom is 0.0503 e. The number of nitrogens with two attached hydrogens (primary N) is 1. The molecule has 0 spiro atoms. The minimum Gasteiger partial charge on any atom is -0.384 e. The van der Waals surface area contributed by atoms with Crippen LogP contribution in [0, 0.1) is 0 Å². The molecule has 1 aromatic rings. The van der Waals surface area contributed by atoms with Crippen LogP contribution in [0.15, 0.2) is 24.3 Å². The molecule has 0 amide bonds. The van der Waals surface area contributed by atoms with Gasteiger partial charge in [-0.3, -0.25) is 0 Å². The minimum atomic E-state index is 0.392. The second-order valence-corrected chi connectivity index (χ2v) is 4.47. The zero-order valence-corrected chi connectivity index (χ0v) is 9.78. The van der Waals surface area contributed by atoms with Gasteiger partial charge in [-0.2, -0.15) is 0 Å². The van der Waals surface area contributed by atoms with Gasteiger partial charge in [-0.05, 0) is 30.9 Å². The van der Waals surface area contributed by atoms with E-state index in [4.69, 9.17) is 10.5 Å². The number of methoxy groups -OCH3 is 1. The summed E-state index contributed by atoms with van der Waals surface area (Å²) in [5.41, 5.74) is 8.34. The van der Waals surface area contributed by atoms with Gasteiger partial charge in [0.1, 0.15) is 0 Å². The summed E-state index contributed by atoms with van der Waals surface area (Å²) in [6, 6.07) is 9.37. The smallest absolute Gasteiger partial charge is 0.0503 e. The molecule has 0 aliphatic heterocycles. The van der Waals surface area contributed by atoms with Crippen LogP contribution in [-0.2, 0) is 11.2 Å². The number of hydrogen-bond acceptors (Lipinski definition) is 3. The lowest BCUT2D eigenvalue weighted by Gasteiger charge is -2.34. The van der Waals surface area contributed by atoms with E-state index in [1.807, 2.05) is 0 Å². The van der Waals surface area contributed by atoms with Crippen LogP contribution in [0.4, 0.5) is 5.69 Å². The summed E-state index contributed by atoms with van der Waals surface area (Å²) in [5.74, 6) is 0. The first-order valence-electron chi connectivity index (χ1n) is 5.88. The average Bonchev–Trinajstić information content (AvgIpc) is 2.26. The Kier molecular flexibility index (Phi) is 3.80. The van der Waals surface area contributed by atoms with E-state index in [1.54, 1.807) is 7.11 Å². The predicted molar refractivity (Wildman–Crippen MR) is 66.6 cm³/mol. The molecule has 2 rings (SSSR count). The molecule has 1 aliphatic carbocycles. The summed E-state index contributed by atoms with van der Waals surface area (Å²) in [7, 11) is 1.74. The molecule has 3 nitrogen and oxygen atoms in total. The molecule has 3 heteroatoms. The highest BCUT2D eigenvalue weighted by Gasteiger charge is 2.25. The molecule has 0 atom stereocenters. The first-order chi connectivity index (χ1) is 7.79. The fourth-order valence-corrected chi connectivity index (χ4v) is 2.09. The van der Waals surface area contributed by atoms with Crippen molar-refractivity contribution in [1.29, 1.82) is 0 Å². The van der Waals surface area contributed by atoms with Gasteiger partial charge in [0, 0.05) is 24.9 Å². The molecule has 1 aromatic carbocycles. The number of nitrogens with one attached hydrogen (secondary N) is 1. The monoisotopic (exact) mass is 220 g/mol. The lowest BCUT2D eigenvalue weighted by molar-refractivity contribution is 0.202. The zero-order valence-electron chi connectivity index (χ0n) is 9.78. The normalized spacial score (nSPS) is 23.9. The van der Waals surface area contributed by atoms with Gasteiger partial charge in [0.05, 0.1) is 6.61 Å². The highest BCUT2D eigenvalue weighted by atomic mass is 16.5. The fraction of sp³-hybridized carbons (Fsp3) is 0.538. The standard InChI is InChI=1S/C13H20N2O/c1-16-7-6-10-4-2-3-5-13(10)15-12-8-11(14)9-12/h2-5,11-12,15H,6-9,14H2,1H3. The van der Waals surface area contributed by atoms with Crippen molar-refractivity contribution in [3.05, 3.63) is 29.8 Å². The average molecular weight is 220 g/mol. The Balaban J connectivity index is 1.96. The molecule has 0 unspecified atom stereocenters. The second-order valence-electron chi connectivity index (χ2n) is 4.47. The summed E-state index contributed by atoms with van der Waals surface area (Å²) >= 11 is 0. The molecule has 0 heterocycles. The van der Waals surface area contributed by atoms with Crippen LogP contribution < -0.4 is 11.1 Å². The maximum atomic E-state index is 5.78. The fourth-order valence-electron chi connectivity index (χ4n) is 2.09. The van der Waals surface area contributed by atoms with E-state index in [1.165, 1.54) is 11.3 Å². The number of para-hydroxylation sites is 1. The van der Waals surface area contributed by atoms with Gasteiger partial charge in [0.2, 0.25) is 0 Å². The van der Waals surface area contributed by atoms with Crippen molar-refractivity contribution in [2.45, 2.75) is 31.3 Å². The summed E-state index contributed by atoms with van der Waals surface area (Å²) < 4.78 is 5.12. The van der Waals surface area contributed by atoms with E-state index >= 15 is 0 Å². The van der Waals surface area contributed by atoms with Gasteiger partial charge in [-0.25, -0.2) is 0 Å². The molecular weight excluding hydrogens is 200 g/mol. The van der Waals surface area contributed by atoms with Crippen molar-refractivity contribution in [2.75, 3.05) is 19.0 Å². The first kappa shape index (κ1) is 11.4. The third-order valence-corrected chi connectivity index (χ3v) is 3.13. The number of benzene rings is 1. The molecule has 0 saturated heterocycles. The summed E-state index contributed by atoms with van der Waals surface area (Å²) in [6.07, 6.45) is 3.12. The van der Waals surface area contributed by atoms with Crippen molar-refractivity contribution >= 4 is 5.69 Å². The lowest BCUT2D eigenvalue weighted by atomic mass is 9.87. The predicted octanol–water partition coefficient (Wildman–Crippen LogP) is 1.78. The molecule has 88 valence electrons. The van der Waals surface area contributed by atoms with Crippen molar-refractivity contribution in [3.8, 4) is 0 Å². The first-order valence-corrected chi connectivity index (χ1v) is 5.88. The Hall–Kier alpha value is -1.06. The molecule has 0 radical (unpaired) electrons. The van der Waals surface area contributed by atoms with Gasteiger partial charge in [0.15, 0.2) is 0 Å². The molecule has 1 aliphatic rings. The van der Waals surface area contributed by atoms with E-state index in [2.05, 4.69) is 29.6 Å².